The molecule has 0 amide bonds. The van der Waals surface area contributed by atoms with Crippen LogP contribution in [0.3, 0.4) is 0 Å². The molecule has 4 heteroatoms. The smallest absolute Gasteiger partial charge is 0.126 e. The number of rotatable bonds is 4. The molecule has 0 bridgehead atoms. The van der Waals surface area contributed by atoms with Crippen LogP contribution in [0.1, 0.15) is 26.3 Å². The fraction of sp³-hybridized carbons (Fsp3) is 0.500. The Morgan fingerprint density at radius 2 is 2.06 bits per heavy atom. The highest BCUT2D eigenvalue weighted by Crippen LogP contribution is 2.03. The van der Waals surface area contributed by atoms with Crippen LogP contribution in [-0.4, -0.2) is 23.6 Å². The molecular weight excluding hydrogens is 200 g/mol. The lowest BCUT2D eigenvalue weighted by Gasteiger charge is -2.20. The van der Waals surface area contributed by atoms with Crippen LogP contribution in [0.4, 0.5) is 5.82 Å². The lowest BCUT2D eigenvalue weighted by Crippen LogP contribution is -2.38. The normalized spacial score (nSPS) is 10.9. The molecule has 86 valence electrons. The first-order chi connectivity index (χ1) is 7.51. The topological polar surface area (TPSA) is 60.7 Å². The van der Waals surface area contributed by atoms with E-state index in [1.807, 2.05) is 12.1 Å². The SMILES string of the molecule is CC(C)(C)NCCNc1ccc(C#N)cn1. The Morgan fingerprint density at radius 3 is 2.56 bits per heavy atom. The van der Waals surface area contributed by atoms with Gasteiger partial charge in [0.1, 0.15) is 11.9 Å². The minimum Gasteiger partial charge on any atom is -0.369 e. The summed E-state index contributed by atoms with van der Waals surface area (Å²) in [7, 11) is 0. The van der Waals surface area contributed by atoms with Crippen LogP contribution in [0.25, 0.3) is 0 Å². The Balaban J connectivity index is 2.30. The van der Waals surface area contributed by atoms with E-state index < -0.39 is 0 Å². The summed E-state index contributed by atoms with van der Waals surface area (Å²) in [6.07, 6.45) is 1.57. The van der Waals surface area contributed by atoms with Gasteiger partial charge >= 0.3 is 0 Å². The van der Waals surface area contributed by atoms with Gasteiger partial charge in [-0.15, -0.1) is 0 Å². The average molecular weight is 218 g/mol. The van der Waals surface area contributed by atoms with Crippen molar-refractivity contribution >= 4 is 5.82 Å². The van der Waals surface area contributed by atoms with Gasteiger partial charge in [0.15, 0.2) is 0 Å². The molecule has 0 radical (unpaired) electrons. The van der Waals surface area contributed by atoms with E-state index in [4.69, 9.17) is 5.26 Å². The van der Waals surface area contributed by atoms with Gasteiger partial charge in [0.25, 0.3) is 0 Å². The van der Waals surface area contributed by atoms with Gasteiger partial charge in [-0.3, -0.25) is 0 Å². The van der Waals surface area contributed by atoms with Gasteiger partial charge in [-0.05, 0) is 32.9 Å². The Kier molecular flexibility index (Phi) is 4.27. The zero-order valence-corrected chi connectivity index (χ0v) is 10.0. The number of nitriles is 1. The third-order valence-corrected chi connectivity index (χ3v) is 1.98. The number of hydrogen-bond acceptors (Lipinski definition) is 4. The molecule has 0 unspecified atom stereocenters. The largest absolute Gasteiger partial charge is 0.369 e. The number of pyridine rings is 1. The highest BCUT2D eigenvalue weighted by molar-refractivity contribution is 5.38. The summed E-state index contributed by atoms with van der Waals surface area (Å²) in [6, 6.07) is 5.61. The van der Waals surface area contributed by atoms with Gasteiger partial charge in [0, 0.05) is 24.8 Å². The number of aromatic nitrogens is 1. The molecule has 0 saturated carbocycles. The van der Waals surface area contributed by atoms with Gasteiger partial charge in [-0.1, -0.05) is 0 Å². The zero-order chi connectivity index (χ0) is 12.0. The third kappa shape index (κ3) is 4.76. The zero-order valence-electron chi connectivity index (χ0n) is 10.0. The molecule has 0 aliphatic rings. The van der Waals surface area contributed by atoms with Crippen molar-refractivity contribution in [2.75, 3.05) is 18.4 Å². The second kappa shape index (κ2) is 5.47. The molecule has 2 N–H and O–H groups in total. The highest BCUT2D eigenvalue weighted by Gasteiger charge is 2.06. The number of nitrogens with one attached hydrogen (secondary N) is 2. The number of hydrogen-bond donors (Lipinski definition) is 2. The summed E-state index contributed by atoms with van der Waals surface area (Å²) in [5, 5.41) is 15.2. The Labute approximate surface area is 96.7 Å². The second-order valence-corrected chi connectivity index (χ2v) is 4.65. The van der Waals surface area contributed by atoms with Crippen LogP contribution in [0.15, 0.2) is 18.3 Å². The van der Waals surface area contributed by atoms with Crippen LogP contribution in [0.2, 0.25) is 0 Å². The first kappa shape index (κ1) is 12.5. The molecule has 1 aromatic rings. The molecule has 1 aromatic heterocycles. The third-order valence-electron chi connectivity index (χ3n) is 1.98. The van der Waals surface area contributed by atoms with E-state index in [0.717, 1.165) is 18.9 Å². The molecule has 0 aromatic carbocycles. The van der Waals surface area contributed by atoms with E-state index in [0.29, 0.717) is 5.56 Å². The molecule has 0 aliphatic heterocycles. The van der Waals surface area contributed by atoms with Crippen molar-refractivity contribution in [3.05, 3.63) is 23.9 Å². The molecule has 0 fully saturated rings. The molecule has 0 spiro atoms. The molecule has 0 aliphatic carbocycles. The van der Waals surface area contributed by atoms with Crippen LogP contribution in [0, 0.1) is 11.3 Å². The Morgan fingerprint density at radius 1 is 1.31 bits per heavy atom. The van der Waals surface area contributed by atoms with Crippen molar-refractivity contribution < 1.29 is 0 Å². The van der Waals surface area contributed by atoms with E-state index in [1.165, 1.54) is 0 Å². The van der Waals surface area contributed by atoms with Gasteiger partial charge in [0.05, 0.1) is 5.56 Å². The van der Waals surface area contributed by atoms with Gasteiger partial charge in [-0.25, -0.2) is 4.98 Å². The van der Waals surface area contributed by atoms with E-state index >= 15 is 0 Å². The maximum Gasteiger partial charge on any atom is 0.126 e. The van der Waals surface area contributed by atoms with Crippen LogP contribution in [0.5, 0.6) is 0 Å². The van der Waals surface area contributed by atoms with Crippen LogP contribution >= 0.6 is 0 Å². The van der Waals surface area contributed by atoms with Crippen molar-refractivity contribution in [2.24, 2.45) is 0 Å². The maximum atomic E-state index is 8.61. The predicted octanol–water partition coefficient (Wildman–Crippen LogP) is 1.75. The van der Waals surface area contributed by atoms with Crippen molar-refractivity contribution in [1.82, 2.24) is 10.3 Å². The summed E-state index contributed by atoms with van der Waals surface area (Å²) < 4.78 is 0. The standard InChI is InChI=1S/C12H18N4/c1-12(2,3)16-7-6-14-11-5-4-10(8-13)9-15-11/h4-5,9,16H,6-7H2,1-3H3,(H,14,15). The average Bonchev–Trinajstić information content (AvgIpc) is 2.24. The highest BCUT2D eigenvalue weighted by atomic mass is 15.0. The van der Waals surface area contributed by atoms with Crippen molar-refractivity contribution in [1.29, 1.82) is 5.26 Å². The first-order valence-corrected chi connectivity index (χ1v) is 5.36. The van der Waals surface area contributed by atoms with E-state index in [2.05, 4.69) is 36.4 Å². The molecule has 0 atom stereocenters. The fourth-order valence-corrected chi connectivity index (χ4v) is 1.19. The molecule has 1 rings (SSSR count). The minimum atomic E-state index is 0.139. The van der Waals surface area contributed by atoms with E-state index in [-0.39, 0.29) is 5.54 Å². The summed E-state index contributed by atoms with van der Waals surface area (Å²) in [5.41, 5.74) is 0.720. The van der Waals surface area contributed by atoms with Gasteiger partial charge in [-0.2, -0.15) is 5.26 Å². The van der Waals surface area contributed by atoms with Gasteiger partial charge in [0.2, 0.25) is 0 Å². The van der Waals surface area contributed by atoms with Crippen molar-refractivity contribution in [3.63, 3.8) is 0 Å². The lowest BCUT2D eigenvalue weighted by molar-refractivity contribution is 0.435. The Hall–Kier alpha value is -1.60. The van der Waals surface area contributed by atoms with E-state index in [9.17, 15) is 0 Å². The maximum absolute atomic E-state index is 8.61. The van der Waals surface area contributed by atoms with Crippen LogP contribution in [-0.2, 0) is 0 Å². The van der Waals surface area contributed by atoms with Crippen molar-refractivity contribution in [3.8, 4) is 6.07 Å². The first-order valence-electron chi connectivity index (χ1n) is 5.36. The minimum absolute atomic E-state index is 0.139. The second-order valence-electron chi connectivity index (χ2n) is 4.65. The summed E-state index contributed by atoms with van der Waals surface area (Å²) in [6.45, 7) is 8.09. The molecule has 1 heterocycles. The Bertz CT molecular complexity index is 356. The monoisotopic (exact) mass is 218 g/mol. The van der Waals surface area contributed by atoms with E-state index in [1.54, 1.807) is 12.3 Å². The molecule has 16 heavy (non-hydrogen) atoms. The summed E-state index contributed by atoms with van der Waals surface area (Å²) >= 11 is 0. The fourth-order valence-electron chi connectivity index (χ4n) is 1.19. The quantitative estimate of drug-likeness (QED) is 0.756. The lowest BCUT2D eigenvalue weighted by atomic mass is 10.1. The van der Waals surface area contributed by atoms with Crippen LogP contribution < -0.4 is 10.6 Å². The molecule has 4 nitrogen and oxygen atoms in total. The summed E-state index contributed by atoms with van der Waals surface area (Å²) in [4.78, 5) is 4.12. The number of anilines is 1. The van der Waals surface area contributed by atoms with Gasteiger partial charge < -0.3 is 10.6 Å². The molecule has 0 saturated heterocycles. The molecular formula is C12H18N4. The van der Waals surface area contributed by atoms with Crippen molar-refractivity contribution in [2.45, 2.75) is 26.3 Å². The summed E-state index contributed by atoms with van der Waals surface area (Å²) in [5.74, 6) is 0.801. The number of nitrogens with zero attached hydrogens (tertiary/aromatic N) is 2. The predicted molar refractivity (Wildman–Crippen MR) is 65.2 cm³/mol.